The van der Waals surface area contributed by atoms with Gasteiger partial charge in [0, 0.05) is 19.3 Å². The topological polar surface area (TPSA) is 78.9 Å². The number of allylic oxidation sites excluding steroid dienone is 26. The Balaban J connectivity index is 4.39. The number of carbonyl (C=O) groups excluding carboxylic acids is 3. The highest BCUT2D eigenvalue weighted by Crippen LogP contribution is 2.14. The highest BCUT2D eigenvalue weighted by Gasteiger charge is 2.19. The molecule has 0 rings (SSSR count). The Morgan fingerprint density at radius 2 is 0.468 bits per heavy atom. The van der Waals surface area contributed by atoms with Crippen molar-refractivity contribution in [3.05, 3.63) is 158 Å². The average Bonchev–Trinajstić information content (AvgIpc) is 3.43. The molecule has 6 heteroatoms. The van der Waals surface area contributed by atoms with Crippen molar-refractivity contribution in [3.63, 3.8) is 0 Å². The van der Waals surface area contributed by atoms with E-state index in [0.29, 0.717) is 19.3 Å². The normalized spacial score (nSPS) is 13.2. The Hall–Kier alpha value is -4.97. The molecule has 0 aromatic heterocycles. The molecule has 0 fully saturated rings. The number of carbonyl (C=O) groups is 3. The molecule has 1 atom stereocenters. The Labute approximate surface area is 473 Å². The second-order valence-corrected chi connectivity index (χ2v) is 19.8. The Morgan fingerprint density at radius 3 is 0.727 bits per heavy atom. The molecule has 1 unspecified atom stereocenters. The maximum absolute atomic E-state index is 12.9. The van der Waals surface area contributed by atoms with Crippen LogP contribution in [0.4, 0.5) is 0 Å². The SMILES string of the molecule is CC/C=C\C/C=C\C/C=C\C/C=C\C/C=C\C/C=C\C/C=C\CCCCCCCCCC(=O)OCC(COC(=O)CCCCCCC/C=C\C/C=C\C/C=C\CC)OC(=O)CCCCCCC/C=C\C/C=C\C/C=C\CC. The van der Waals surface area contributed by atoms with E-state index in [2.05, 4.69) is 179 Å². The van der Waals surface area contributed by atoms with Crippen LogP contribution in [0.25, 0.3) is 0 Å². The number of esters is 3. The lowest BCUT2D eigenvalue weighted by Crippen LogP contribution is -2.30. The summed E-state index contributed by atoms with van der Waals surface area (Å²) in [6.07, 6.45) is 92.4. The summed E-state index contributed by atoms with van der Waals surface area (Å²) in [5.74, 6) is -0.952. The van der Waals surface area contributed by atoms with Crippen molar-refractivity contribution in [2.75, 3.05) is 13.2 Å². The zero-order valence-electron chi connectivity index (χ0n) is 49.4. The lowest BCUT2D eigenvalue weighted by atomic mass is 10.1. The molecule has 0 N–H and O–H groups in total. The predicted octanol–water partition coefficient (Wildman–Crippen LogP) is 21.3. The second kappa shape index (κ2) is 63.6. The van der Waals surface area contributed by atoms with Crippen LogP contribution in [0.15, 0.2) is 158 Å². The van der Waals surface area contributed by atoms with Gasteiger partial charge in [-0.1, -0.05) is 249 Å². The summed E-state index contributed by atoms with van der Waals surface area (Å²) in [5, 5.41) is 0. The van der Waals surface area contributed by atoms with Gasteiger partial charge in [0.1, 0.15) is 13.2 Å². The molecule has 0 aromatic rings. The summed E-state index contributed by atoms with van der Waals surface area (Å²) in [6, 6.07) is 0. The van der Waals surface area contributed by atoms with Gasteiger partial charge >= 0.3 is 17.9 Å². The van der Waals surface area contributed by atoms with Crippen LogP contribution in [0.2, 0.25) is 0 Å². The minimum atomic E-state index is -0.808. The fourth-order valence-corrected chi connectivity index (χ4v) is 7.98. The number of ether oxygens (including phenoxy) is 3. The van der Waals surface area contributed by atoms with Crippen LogP contribution in [-0.2, 0) is 28.6 Å². The van der Waals surface area contributed by atoms with Crippen LogP contribution in [-0.4, -0.2) is 37.2 Å². The highest BCUT2D eigenvalue weighted by atomic mass is 16.6. The van der Waals surface area contributed by atoms with E-state index in [4.69, 9.17) is 14.2 Å². The first kappa shape index (κ1) is 72.0. The summed E-state index contributed by atoms with van der Waals surface area (Å²) in [5.41, 5.74) is 0. The Kier molecular flexibility index (Phi) is 59.5. The van der Waals surface area contributed by atoms with Crippen LogP contribution < -0.4 is 0 Å². The van der Waals surface area contributed by atoms with Crippen molar-refractivity contribution >= 4 is 17.9 Å². The van der Waals surface area contributed by atoms with Gasteiger partial charge in [-0.05, 0) is 141 Å². The van der Waals surface area contributed by atoms with Gasteiger partial charge in [-0.25, -0.2) is 0 Å². The molecule has 0 aliphatic heterocycles. The summed E-state index contributed by atoms with van der Waals surface area (Å²) in [6.45, 7) is 6.26. The van der Waals surface area contributed by atoms with Gasteiger partial charge in [-0.3, -0.25) is 14.4 Å². The molecule has 0 amide bonds. The lowest BCUT2D eigenvalue weighted by Gasteiger charge is -2.18. The van der Waals surface area contributed by atoms with E-state index in [9.17, 15) is 14.4 Å². The minimum absolute atomic E-state index is 0.103. The van der Waals surface area contributed by atoms with Gasteiger partial charge in [0.15, 0.2) is 6.10 Å². The highest BCUT2D eigenvalue weighted by molar-refractivity contribution is 5.71. The molecule has 0 heterocycles. The zero-order chi connectivity index (χ0) is 55.7. The van der Waals surface area contributed by atoms with Crippen LogP contribution in [0, 0.1) is 0 Å². The van der Waals surface area contributed by atoms with E-state index in [0.717, 1.165) is 186 Å². The standard InChI is InChI=1S/C71H112O6/c1-4-7-10-13-16-19-22-25-28-29-30-31-32-33-34-35-36-37-38-39-40-41-44-46-49-52-55-58-61-64-70(73)76-67-68(77-71(74)65-62-59-56-53-50-47-43-27-24-21-18-15-12-9-6-3)66-75-69(72)63-60-57-54-51-48-45-42-26-23-20-17-14-11-8-5-2/h7-12,16-21,25-28,30-31,33-34,36-37,39-40,42-43,68H,4-6,13-15,22-24,29,32,35,38,41,44-67H2,1-3H3/b10-7-,11-8-,12-9-,19-16-,20-17-,21-18-,28-25-,31-30-,34-33-,37-36-,40-39-,42-26-,43-27-. The molecule has 77 heavy (non-hydrogen) atoms. The number of rotatable bonds is 54. The van der Waals surface area contributed by atoms with Gasteiger partial charge in [-0.15, -0.1) is 0 Å². The third-order valence-corrected chi connectivity index (χ3v) is 12.5. The van der Waals surface area contributed by atoms with Crippen LogP contribution in [0.1, 0.15) is 252 Å². The molecule has 0 radical (unpaired) electrons. The Morgan fingerprint density at radius 1 is 0.260 bits per heavy atom. The first-order valence-corrected chi connectivity index (χ1v) is 31.0. The molecule has 0 aliphatic carbocycles. The van der Waals surface area contributed by atoms with Crippen LogP contribution in [0.3, 0.4) is 0 Å². The van der Waals surface area contributed by atoms with E-state index in [1.54, 1.807) is 0 Å². The van der Waals surface area contributed by atoms with Crippen molar-refractivity contribution in [2.45, 2.75) is 258 Å². The Bertz CT molecular complexity index is 1740. The molecular formula is C71H112O6. The minimum Gasteiger partial charge on any atom is -0.462 e. The number of hydrogen-bond donors (Lipinski definition) is 0. The fourth-order valence-electron chi connectivity index (χ4n) is 7.98. The second-order valence-electron chi connectivity index (χ2n) is 19.8. The van der Waals surface area contributed by atoms with Crippen molar-refractivity contribution in [1.29, 1.82) is 0 Å². The average molecular weight is 1060 g/mol. The molecule has 0 bridgehead atoms. The maximum atomic E-state index is 12.9. The molecule has 0 aliphatic rings. The summed E-state index contributed by atoms with van der Waals surface area (Å²) in [4.78, 5) is 38.3. The molecule has 432 valence electrons. The van der Waals surface area contributed by atoms with Gasteiger partial charge in [0.05, 0.1) is 0 Å². The third kappa shape index (κ3) is 61.8. The molecule has 0 saturated heterocycles. The molecule has 0 saturated carbocycles. The largest absolute Gasteiger partial charge is 0.462 e. The van der Waals surface area contributed by atoms with Crippen molar-refractivity contribution < 1.29 is 28.6 Å². The first-order chi connectivity index (χ1) is 38.0. The van der Waals surface area contributed by atoms with Crippen molar-refractivity contribution in [1.82, 2.24) is 0 Å². The molecule has 0 spiro atoms. The van der Waals surface area contributed by atoms with Gasteiger partial charge in [0.2, 0.25) is 0 Å². The molecule has 6 nitrogen and oxygen atoms in total. The van der Waals surface area contributed by atoms with Crippen molar-refractivity contribution in [2.24, 2.45) is 0 Å². The molecule has 0 aromatic carbocycles. The predicted molar refractivity (Wildman–Crippen MR) is 334 cm³/mol. The lowest BCUT2D eigenvalue weighted by molar-refractivity contribution is -0.167. The third-order valence-electron chi connectivity index (χ3n) is 12.5. The maximum Gasteiger partial charge on any atom is 0.306 e. The van der Waals surface area contributed by atoms with Crippen LogP contribution >= 0.6 is 0 Å². The number of unbranched alkanes of at least 4 members (excludes halogenated alkanes) is 17. The fraction of sp³-hybridized carbons (Fsp3) is 0.592. The van der Waals surface area contributed by atoms with Crippen molar-refractivity contribution in [3.8, 4) is 0 Å². The van der Waals surface area contributed by atoms with E-state index in [1.165, 1.54) is 25.7 Å². The van der Waals surface area contributed by atoms with Gasteiger partial charge < -0.3 is 14.2 Å². The smallest absolute Gasteiger partial charge is 0.306 e. The molecular weight excluding hydrogens is 949 g/mol. The summed E-state index contributed by atoms with van der Waals surface area (Å²) >= 11 is 0. The summed E-state index contributed by atoms with van der Waals surface area (Å²) < 4.78 is 16.9. The van der Waals surface area contributed by atoms with Crippen LogP contribution in [0.5, 0.6) is 0 Å². The van der Waals surface area contributed by atoms with E-state index < -0.39 is 6.10 Å². The van der Waals surface area contributed by atoms with E-state index in [1.807, 2.05) is 0 Å². The van der Waals surface area contributed by atoms with E-state index >= 15 is 0 Å². The van der Waals surface area contributed by atoms with Gasteiger partial charge in [-0.2, -0.15) is 0 Å². The van der Waals surface area contributed by atoms with Gasteiger partial charge in [0.25, 0.3) is 0 Å². The van der Waals surface area contributed by atoms with E-state index in [-0.39, 0.29) is 31.1 Å². The summed E-state index contributed by atoms with van der Waals surface area (Å²) in [7, 11) is 0. The number of hydrogen-bond acceptors (Lipinski definition) is 6. The first-order valence-electron chi connectivity index (χ1n) is 31.0. The quantitative estimate of drug-likeness (QED) is 0.0261. The monoisotopic (exact) mass is 1060 g/mol. The zero-order valence-corrected chi connectivity index (χ0v) is 49.4.